The van der Waals surface area contributed by atoms with Crippen molar-refractivity contribution in [3.63, 3.8) is 0 Å². The van der Waals surface area contributed by atoms with E-state index < -0.39 is 11.4 Å². The zero-order chi connectivity index (χ0) is 18.2. The fourth-order valence-electron chi connectivity index (χ4n) is 2.97. The summed E-state index contributed by atoms with van der Waals surface area (Å²) < 4.78 is 19.2. The van der Waals surface area contributed by atoms with E-state index >= 15 is 0 Å². The molecular formula is C19H20FN3O2. The summed E-state index contributed by atoms with van der Waals surface area (Å²) in [4.78, 5) is 17.0. The van der Waals surface area contributed by atoms with Crippen molar-refractivity contribution in [2.24, 2.45) is 0 Å². The first-order valence-corrected chi connectivity index (χ1v) is 8.17. The number of hydrogen-bond acceptors (Lipinski definition) is 3. The van der Waals surface area contributed by atoms with Crippen LogP contribution in [0.2, 0.25) is 0 Å². The first-order valence-electron chi connectivity index (χ1n) is 8.17. The van der Waals surface area contributed by atoms with Gasteiger partial charge in [-0.3, -0.25) is 0 Å². The number of rotatable bonds is 1. The molecule has 1 N–H and O–H groups in total. The molecule has 0 radical (unpaired) electrons. The van der Waals surface area contributed by atoms with Gasteiger partial charge in [-0.1, -0.05) is 6.08 Å². The van der Waals surface area contributed by atoms with Crippen molar-refractivity contribution in [3.05, 3.63) is 41.3 Å². The summed E-state index contributed by atoms with van der Waals surface area (Å²) in [7, 11) is 0. The van der Waals surface area contributed by atoms with E-state index in [9.17, 15) is 9.18 Å². The Morgan fingerprint density at radius 1 is 1.40 bits per heavy atom. The number of hydrogen-bond donors (Lipinski definition) is 1. The molecule has 5 nitrogen and oxygen atoms in total. The number of aromatic amines is 1. The molecule has 0 atom stereocenters. The number of aromatic nitrogens is 1. The maximum Gasteiger partial charge on any atom is 0.410 e. The van der Waals surface area contributed by atoms with Gasteiger partial charge in [-0.05, 0) is 44.9 Å². The van der Waals surface area contributed by atoms with Gasteiger partial charge in [0, 0.05) is 30.2 Å². The molecule has 0 saturated carbocycles. The highest BCUT2D eigenvalue weighted by atomic mass is 19.1. The van der Waals surface area contributed by atoms with Crippen LogP contribution in [0.3, 0.4) is 0 Å². The third-order valence-electron chi connectivity index (χ3n) is 4.07. The van der Waals surface area contributed by atoms with Crippen molar-refractivity contribution >= 4 is 22.6 Å². The molecule has 1 amide bonds. The Kier molecular flexibility index (Phi) is 4.25. The van der Waals surface area contributed by atoms with Crippen LogP contribution in [0.5, 0.6) is 0 Å². The van der Waals surface area contributed by atoms with Crippen LogP contribution in [0.25, 0.3) is 16.5 Å². The van der Waals surface area contributed by atoms with Crippen LogP contribution in [0.1, 0.15) is 38.3 Å². The van der Waals surface area contributed by atoms with Gasteiger partial charge in [0.1, 0.15) is 23.1 Å². The van der Waals surface area contributed by atoms with Gasteiger partial charge in [0.25, 0.3) is 0 Å². The lowest BCUT2D eigenvalue weighted by Gasteiger charge is -2.30. The van der Waals surface area contributed by atoms with Crippen LogP contribution in [0.4, 0.5) is 9.18 Å². The van der Waals surface area contributed by atoms with Crippen LogP contribution in [0, 0.1) is 17.1 Å². The van der Waals surface area contributed by atoms with E-state index in [4.69, 9.17) is 10.00 Å². The van der Waals surface area contributed by atoms with E-state index in [1.165, 1.54) is 6.07 Å². The number of nitrogens with zero attached hydrogens (tertiary/aromatic N) is 2. The van der Waals surface area contributed by atoms with Crippen molar-refractivity contribution in [1.29, 1.82) is 5.26 Å². The van der Waals surface area contributed by atoms with Crippen molar-refractivity contribution < 1.29 is 13.9 Å². The molecule has 3 rings (SSSR count). The molecule has 1 aromatic heterocycles. The van der Waals surface area contributed by atoms with E-state index in [1.54, 1.807) is 17.2 Å². The van der Waals surface area contributed by atoms with Gasteiger partial charge < -0.3 is 14.6 Å². The van der Waals surface area contributed by atoms with Gasteiger partial charge in [-0.2, -0.15) is 5.26 Å². The van der Waals surface area contributed by atoms with Crippen LogP contribution in [-0.4, -0.2) is 34.7 Å². The average Bonchev–Trinajstić information content (AvgIpc) is 2.97. The van der Waals surface area contributed by atoms with Crippen LogP contribution in [-0.2, 0) is 4.74 Å². The number of carbonyl (C=O) groups excluding carboxylic acids is 1. The van der Waals surface area contributed by atoms with Gasteiger partial charge in [-0.25, -0.2) is 9.18 Å². The fraction of sp³-hybridized carbons (Fsp3) is 0.368. The number of nitrogens with one attached hydrogen (secondary N) is 1. The molecule has 0 bridgehead atoms. The quantitative estimate of drug-likeness (QED) is 0.845. The summed E-state index contributed by atoms with van der Waals surface area (Å²) in [5.41, 5.74) is 1.77. The number of fused-ring (bicyclic) bond motifs is 1. The molecule has 130 valence electrons. The van der Waals surface area contributed by atoms with E-state index in [-0.39, 0.29) is 11.7 Å². The zero-order valence-electron chi connectivity index (χ0n) is 14.5. The summed E-state index contributed by atoms with van der Waals surface area (Å²) in [5.74, 6) is -0.545. The first kappa shape index (κ1) is 17.0. The predicted molar refractivity (Wildman–Crippen MR) is 93.4 cm³/mol. The molecule has 0 spiro atoms. The monoisotopic (exact) mass is 341 g/mol. The van der Waals surface area contributed by atoms with E-state index in [0.29, 0.717) is 25.0 Å². The van der Waals surface area contributed by atoms with Crippen LogP contribution in [0.15, 0.2) is 24.4 Å². The largest absolute Gasteiger partial charge is 0.444 e. The minimum absolute atomic E-state index is 0.00385. The zero-order valence-corrected chi connectivity index (χ0v) is 14.5. The molecule has 2 aromatic rings. The molecule has 0 saturated heterocycles. The number of H-pyrrole nitrogens is 1. The molecular weight excluding hydrogens is 321 g/mol. The number of nitriles is 1. The van der Waals surface area contributed by atoms with E-state index in [2.05, 4.69) is 11.1 Å². The summed E-state index contributed by atoms with van der Waals surface area (Å²) in [6.07, 6.45) is 4.20. The highest BCUT2D eigenvalue weighted by Crippen LogP contribution is 2.31. The van der Waals surface area contributed by atoms with Crippen LogP contribution < -0.4 is 0 Å². The first-order chi connectivity index (χ1) is 11.8. The fourth-order valence-corrected chi connectivity index (χ4v) is 2.97. The smallest absolute Gasteiger partial charge is 0.410 e. The van der Waals surface area contributed by atoms with Crippen molar-refractivity contribution in [3.8, 4) is 6.07 Å². The third kappa shape index (κ3) is 3.36. The van der Waals surface area contributed by atoms with Gasteiger partial charge in [0.05, 0.1) is 5.52 Å². The Labute approximate surface area is 145 Å². The maximum atomic E-state index is 13.8. The van der Waals surface area contributed by atoms with E-state index in [1.807, 2.05) is 26.8 Å². The Bertz CT molecular complexity index is 900. The topological polar surface area (TPSA) is 69.1 Å². The number of benzene rings is 1. The molecule has 0 aliphatic carbocycles. The third-order valence-corrected chi connectivity index (χ3v) is 4.07. The average molecular weight is 341 g/mol. The Morgan fingerprint density at radius 3 is 2.84 bits per heavy atom. The molecule has 1 aromatic carbocycles. The van der Waals surface area contributed by atoms with Gasteiger partial charge in [-0.15, -0.1) is 0 Å². The second-order valence-electron chi connectivity index (χ2n) is 7.08. The molecule has 1 aliphatic heterocycles. The van der Waals surface area contributed by atoms with Crippen molar-refractivity contribution in [2.45, 2.75) is 32.8 Å². The highest BCUT2D eigenvalue weighted by Gasteiger charge is 2.25. The molecule has 1 aliphatic rings. The van der Waals surface area contributed by atoms with Gasteiger partial charge >= 0.3 is 6.09 Å². The minimum atomic E-state index is -0.545. The lowest BCUT2D eigenvalue weighted by Crippen LogP contribution is -2.39. The number of amides is 1. The molecule has 6 heteroatoms. The molecule has 0 fully saturated rings. The van der Waals surface area contributed by atoms with Crippen molar-refractivity contribution in [2.75, 3.05) is 13.1 Å². The summed E-state index contributed by atoms with van der Waals surface area (Å²) in [5, 5.41) is 9.94. The number of halogens is 1. The summed E-state index contributed by atoms with van der Waals surface area (Å²) in [6, 6.07) is 4.85. The Balaban J connectivity index is 1.90. The highest BCUT2D eigenvalue weighted by molar-refractivity contribution is 5.96. The maximum absolute atomic E-state index is 13.8. The number of ether oxygens (including phenoxy) is 1. The molecule has 2 heterocycles. The Morgan fingerprint density at radius 2 is 2.16 bits per heavy atom. The molecule has 0 unspecified atom stereocenters. The van der Waals surface area contributed by atoms with Gasteiger partial charge in [0.2, 0.25) is 0 Å². The van der Waals surface area contributed by atoms with Crippen LogP contribution >= 0.6 is 0 Å². The summed E-state index contributed by atoms with van der Waals surface area (Å²) in [6.45, 7) is 6.52. The standard InChI is InChI=1S/C19H20FN3O2/c1-19(2,3)25-18(24)23-8-4-5-12(11-23)15-10-22-17-13(15)6-7-16(20)14(17)9-21/h5-7,10,22H,4,8,11H2,1-3H3. The Hall–Kier alpha value is -2.81. The second kappa shape index (κ2) is 6.25. The lowest BCUT2D eigenvalue weighted by atomic mass is 9.99. The SMILES string of the molecule is CC(C)(C)OC(=O)N1CCC=C(c2c[nH]c3c(C#N)c(F)ccc23)C1. The normalized spacial score (nSPS) is 15.0. The second-order valence-corrected chi connectivity index (χ2v) is 7.08. The molecule has 25 heavy (non-hydrogen) atoms. The van der Waals surface area contributed by atoms with E-state index in [0.717, 1.165) is 16.5 Å². The predicted octanol–water partition coefficient (Wildman–Crippen LogP) is 4.20. The number of carbonyl (C=O) groups is 1. The lowest BCUT2D eigenvalue weighted by molar-refractivity contribution is 0.0273. The van der Waals surface area contributed by atoms with Crippen molar-refractivity contribution in [1.82, 2.24) is 9.88 Å². The summed E-state index contributed by atoms with van der Waals surface area (Å²) >= 11 is 0. The van der Waals surface area contributed by atoms with Gasteiger partial charge in [0.15, 0.2) is 0 Å². The minimum Gasteiger partial charge on any atom is -0.444 e.